The molecule has 0 radical (unpaired) electrons. The van der Waals surface area contributed by atoms with Crippen LogP contribution in [0.1, 0.15) is 48.9 Å². The molecule has 1 aromatic heterocycles. The third-order valence-electron chi connectivity index (χ3n) is 4.44. The van der Waals surface area contributed by atoms with Crippen LogP contribution in [-0.2, 0) is 6.42 Å². The number of likely N-dealkylation sites (tertiary alicyclic amines) is 1. The van der Waals surface area contributed by atoms with Gasteiger partial charge < -0.3 is 5.32 Å². The number of aryl methyl sites for hydroxylation is 1. The van der Waals surface area contributed by atoms with Crippen molar-refractivity contribution in [2.24, 2.45) is 5.92 Å². The van der Waals surface area contributed by atoms with Crippen LogP contribution in [0.2, 0.25) is 0 Å². The number of hydrogen-bond acceptors (Lipinski definition) is 3. The number of rotatable bonds is 6. The number of thiophene rings is 1. The van der Waals surface area contributed by atoms with Crippen LogP contribution in [0.4, 0.5) is 0 Å². The molecule has 2 heterocycles. The van der Waals surface area contributed by atoms with Crippen LogP contribution in [0, 0.1) is 5.92 Å². The van der Waals surface area contributed by atoms with Crippen molar-refractivity contribution in [1.29, 1.82) is 0 Å². The van der Waals surface area contributed by atoms with E-state index in [4.69, 9.17) is 0 Å². The Balaban J connectivity index is 1.83. The zero-order chi connectivity index (χ0) is 13.7. The van der Waals surface area contributed by atoms with E-state index in [0.29, 0.717) is 6.04 Å². The summed E-state index contributed by atoms with van der Waals surface area (Å²) in [5.41, 5.74) is 0. The summed E-state index contributed by atoms with van der Waals surface area (Å²) in [5.74, 6) is 0.936. The first-order valence-corrected chi connectivity index (χ1v) is 8.53. The fraction of sp³-hybridized carbons (Fsp3) is 0.750. The highest BCUT2D eigenvalue weighted by Gasteiger charge is 2.23. The van der Waals surface area contributed by atoms with Crippen LogP contribution < -0.4 is 5.32 Å². The molecule has 1 N–H and O–H groups in total. The van der Waals surface area contributed by atoms with Crippen molar-refractivity contribution in [3.63, 3.8) is 0 Å². The fourth-order valence-corrected chi connectivity index (χ4v) is 4.01. The third kappa shape index (κ3) is 4.04. The van der Waals surface area contributed by atoms with Gasteiger partial charge in [0.25, 0.3) is 0 Å². The predicted molar refractivity (Wildman–Crippen MR) is 85.0 cm³/mol. The first-order valence-electron chi connectivity index (χ1n) is 7.71. The Bertz CT molecular complexity index is 367. The molecule has 0 aromatic carbocycles. The van der Waals surface area contributed by atoms with Crippen LogP contribution in [0.25, 0.3) is 0 Å². The van der Waals surface area contributed by atoms with Gasteiger partial charge in [-0.05, 0) is 77.3 Å². The number of nitrogens with one attached hydrogen (secondary N) is 1. The summed E-state index contributed by atoms with van der Waals surface area (Å²) in [6.07, 6.45) is 5.26. The molecule has 2 rings (SSSR count). The molecule has 0 saturated carbocycles. The fourth-order valence-electron chi connectivity index (χ4n) is 2.97. The molecule has 108 valence electrons. The van der Waals surface area contributed by atoms with Crippen LogP contribution in [-0.4, -0.2) is 31.6 Å². The quantitative estimate of drug-likeness (QED) is 0.855. The van der Waals surface area contributed by atoms with E-state index in [2.05, 4.69) is 43.2 Å². The van der Waals surface area contributed by atoms with Gasteiger partial charge in [-0.2, -0.15) is 0 Å². The molecule has 0 amide bonds. The van der Waals surface area contributed by atoms with Gasteiger partial charge in [-0.15, -0.1) is 11.3 Å². The van der Waals surface area contributed by atoms with Crippen molar-refractivity contribution in [3.8, 4) is 0 Å². The van der Waals surface area contributed by atoms with Crippen LogP contribution >= 0.6 is 11.3 Å². The molecule has 1 unspecified atom stereocenters. The molecule has 1 aromatic rings. The van der Waals surface area contributed by atoms with Crippen molar-refractivity contribution >= 4 is 11.3 Å². The zero-order valence-electron chi connectivity index (χ0n) is 12.6. The van der Waals surface area contributed by atoms with E-state index in [1.54, 1.807) is 4.88 Å². The van der Waals surface area contributed by atoms with Gasteiger partial charge in [-0.1, -0.05) is 6.92 Å². The Morgan fingerprint density at radius 2 is 2.11 bits per heavy atom. The molecule has 3 heteroatoms. The topological polar surface area (TPSA) is 15.3 Å². The Morgan fingerprint density at radius 1 is 1.37 bits per heavy atom. The van der Waals surface area contributed by atoms with E-state index in [1.807, 2.05) is 11.3 Å². The van der Waals surface area contributed by atoms with Crippen molar-refractivity contribution in [2.75, 3.05) is 26.7 Å². The average Bonchev–Trinajstić information content (AvgIpc) is 2.94. The second-order valence-corrected chi connectivity index (χ2v) is 6.91. The van der Waals surface area contributed by atoms with Gasteiger partial charge in [0.15, 0.2) is 0 Å². The number of piperidine rings is 1. The highest BCUT2D eigenvalue weighted by atomic mass is 32.1. The number of nitrogens with zero attached hydrogens (tertiary/aromatic N) is 1. The lowest BCUT2D eigenvalue weighted by molar-refractivity contribution is 0.139. The van der Waals surface area contributed by atoms with Crippen LogP contribution in [0.3, 0.4) is 0 Å². The van der Waals surface area contributed by atoms with E-state index >= 15 is 0 Å². The molecule has 1 aliphatic heterocycles. The first kappa shape index (κ1) is 15.0. The molecule has 0 spiro atoms. The smallest absolute Gasteiger partial charge is 0.0413 e. The second kappa shape index (κ2) is 7.41. The van der Waals surface area contributed by atoms with Crippen molar-refractivity contribution in [2.45, 2.75) is 45.6 Å². The summed E-state index contributed by atoms with van der Waals surface area (Å²) in [7, 11) is 2.05. The van der Waals surface area contributed by atoms with Crippen molar-refractivity contribution < 1.29 is 0 Å². The zero-order valence-corrected chi connectivity index (χ0v) is 13.4. The molecule has 1 fully saturated rings. The molecule has 0 bridgehead atoms. The van der Waals surface area contributed by atoms with Gasteiger partial charge >= 0.3 is 0 Å². The monoisotopic (exact) mass is 280 g/mol. The largest absolute Gasteiger partial charge is 0.320 e. The standard InChI is InChI=1S/C16H28N2S/c1-4-15-5-6-16(19-15)13(2)18-11-8-14(9-12-18)7-10-17-3/h5-6,13-14,17H,4,7-12H2,1-3H3. The normalized spacial score (nSPS) is 19.7. The van der Waals surface area contributed by atoms with Gasteiger partial charge in [0.05, 0.1) is 0 Å². The summed E-state index contributed by atoms with van der Waals surface area (Å²) in [5, 5.41) is 3.27. The second-order valence-electron chi connectivity index (χ2n) is 5.71. The summed E-state index contributed by atoms with van der Waals surface area (Å²) in [4.78, 5) is 5.73. The molecule has 2 nitrogen and oxygen atoms in total. The van der Waals surface area contributed by atoms with Crippen LogP contribution in [0.5, 0.6) is 0 Å². The Labute approximate surface area is 122 Å². The van der Waals surface area contributed by atoms with E-state index in [0.717, 1.165) is 5.92 Å². The molecule has 1 saturated heterocycles. The van der Waals surface area contributed by atoms with E-state index in [9.17, 15) is 0 Å². The maximum atomic E-state index is 3.27. The maximum absolute atomic E-state index is 3.27. The predicted octanol–water partition coefficient (Wildman–Crippen LogP) is 3.69. The SMILES string of the molecule is CCc1ccc(C(C)N2CCC(CCNC)CC2)s1. The number of hydrogen-bond donors (Lipinski definition) is 1. The first-order chi connectivity index (χ1) is 9.24. The molecule has 19 heavy (non-hydrogen) atoms. The lowest BCUT2D eigenvalue weighted by Gasteiger charge is -2.35. The van der Waals surface area contributed by atoms with Gasteiger partial charge in [0, 0.05) is 15.8 Å². The summed E-state index contributed by atoms with van der Waals surface area (Å²) in [6, 6.07) is 5.24. The Kier molecular flexibility index (Phi) is 5.86. The highest BCUT2D eigenvalue weighted by molar-refractivity contribution is 7.12. The summed E-state index contributed by atoms with van der Waals surface area (Å²) < 4.78 is 0. The summed E-state index contributed by atoms with van der Waals surface area (Å²) in [6.45, 7) is 8.33. The lowest BCUT2D eigenvalue weighted by atomic mass is 9.92. The minimum Gasteiger partial charge on any atom is -0.320 e. The van der Waals surface area contributed by atoms with Gasteiger partial charge in [0.1, 0.15) is 0 Å². The highest BCUT2D eigenvalue weighted by Crippen LogP contribution is 2.31. The Hall–Kier alpha value is -0.380. The molecule has 1 atom stereocenters. The van der Waals surface area contributed by atoms with Crippen molar-refractivity contribution in [1.82, 2.24) is 10.2 Å². The molecular formula is C16H28N2S. The van der Waals surface area contributed by atoms with Crippen molar-refractivity contribution in [3.05, 3.63) is 21.9 Å². The van der Waals surface area contributed by atoms with E-state index in [-0.39, 0.29) is 0 Å². The summed E-state index contributed by atoms with van der Waals surface area (Å²) >= 11 is 2.00. The third-order valence-corrected chi connectivity index (χ3v) is 5.84. The van der Waals surface area contributed by atoms with Gasteiger partial charge in [-0.3, -0.25) is 4.90 Å². The maximum Gasteiger partial charge on any atom is 0.0413 e. The van der Waals surface area contributed by atoms with E-state index in [1.165, 1.54) is 50.2 Å². The van der Waals surface area contributed by atoms with E-state index < -0.39 is 0 Å². The van der Waals surface area contributed by atoms with Crippen LogP contribution in [0.15, 0.2) is 12.1 Å². The van der Waals surface area contributed by atoms with Gasteiger partial charge in [-0.25, -0.2) is 0 Å². The Morgan fingerprint density at radius 3 is 2.68 bits per heavy atom. The minimum atomic E-state index is 0.607. The molecular weight excluding hydrogens is 252 g/mol. The lowest BCUT2D eigenvalue weighted by Crippen LogP contribution is -2.36. The molecule has 0 aliphatic carbocycles. The average molecular weight is 280 g/mol. The molecule has 1 aliphatic rings. The minimum absolute atomic E-state index is 0.607. The van der Waals surface area contributed by atoms with Gasteiger partial charge in [0.2, 0.25) is 0 Å².